The van der Waals surface area contributed by atoms with Gasteiger partial charge in [0.15, 0.2) is 0 Å². The number of hydrogen-bond donors (Lipinski definition) is 2. The highest BCUT2D eigenvalue weighted by Crippen LogP contribution is 2.16. The van der Waals surface area contributed by atoms with Crippen LogP contribution in [-0.2, 0) is 9.59 Å². The van der Waals surface area contributed by atoms with E-state index in [9.17, 15) is 9.59 Å². The first kappa shape index (κ1) is 16.4. The molecule has 0 unspecified atom stereocenters. The lowest BCUT2D eigenvalue weighted by Crippen LogP contribution is -2.32. The third-order valence-electron chi connectivity index (χ3n) is 3.79. The fraction of sp³-hybridized carbons (Fsp3) is 0.0500. The van der Waals surface area contributed by atoms with E-state index in [1.165, 1.54) is 6.21 Å². The molecular formula is C20H17N3O2. The van der Waals surface area contributed by atoms with Gasteiger partial charge >= 0.3 is 11.8 Å². The van der Waals surface area contributed by atoms with E-state index < -0.39 is 11.8 Å². The number of carbonyl (C=O) groups is 2. The van der Waals surface area contributed by atoms with Crippen molar-refractivity contribution in [3.63, 3.8) is 0 Å². The third-order valence-corrected chi connectivity index (χ3v) is 3.79. The molecule has 2 N–H and O–H groups in total. The summed E-state index contributed by atoms with van der Waals surface area (Å²) in [6, 6.07) is 20.9. The second-order valence-electron chi connectivity index (χ2n) is 5.54. The van der Waals surface area contributed by atoms with E-state index >= 15 is 0 Å². The standard InChI is InChI=1S/C20H17N3O2/c1-14-7-2-5-12-18(14)22-19(24)20(25)23-21-13-16-10-6-9-15-8-3-4-11-17(15)16/h2-13H,1H3,(H,22,24)(H,23,25). The molecule has 0 heterocycles. The van der Waals surface area contributed by atoms with Crippen LogP contribution < -0.4 is 10.7 Å². The Morgan fingerprint density at radius 1 is 0.880 bits per heavy atom. The Labute approximate surface area is 145 Å². The smallest absolute Gasteiger partial charge is 0.317 e. The van der Waals surface area contributed by atoms with Crippen molar-refractivity contribution >= 4 is 34.5 Å². The number of hydrogen-bond acceptors (Lipinski definition) is 3. The number of fused-ring (bicyclic) bond motifs is 1. The van der Waals surface area contributed by atoms with E-state index in [4.69, 9.17) is 0 Å². The van der Waals surface area contributed by atoms with E-state index in [2.05, 4.69) is 15.8 Å². The van der Waals surface area contributed by atoms with Gasteiger partial charge in [-0.05, 0) is 29.3 Å². The van der Waals surface area contributed by atoms with Gasteiger partial charge in [0, 0.05) is 11.3 Å². The van der Waals surface area contributed by atoms with Crippen molar-refractivity contribution in [3.8, 4) is 0 Å². The molecule has 0 atom stereocenters. The number of amides is 2. The molecule has 5 nitrogen and oxygen atoms in total. The number of anilines is 1. The van der Waals surface area contributed by atoms with Gasteiger partial charge in [-0.25, -0.2) is 5.43 Å². The van der Waals surface area contributed by atoms with Crippen molar-refractivity contribution in [2.75, 3.05) is 5.32 Å². The molecule has 0 aliphatic heterocycles. The molecule has 0 spiro atoms. The summed E-state index contributed by atoms with van der Waals surface area (Å²) in [4.78, 5) is 23.8. The molecule has 124 valence electrons. The number of hydrazone groups is 1. The van der Waals surface area contributed by atoms with Gasteiger partial charge in [-0.15, -0.1) is 0 Å². The van der Waals surface area contributed by atoms with Gasteiger partial charge in [-0.2, -0.15) is 5.10 Å². The maximum Gasteiger partial charge on any atom is 0.329 e. The van der Waals surface area contributed by atoms with Crippen molar-refractivity contribution in [3.05, 3.63) is 77.9 Å². The summed E-state index contributed by atoms with van der Waals surface area (Å²) in [5.41, 5.74) is 4.59. The largest absolute Gasteiger partial charge is 0.329 e. The molecular weight excluding hydrogens is 314 g/mol. The first-order valence-corrected chi connectivity index (χ1v) is 7.83. The Morgan fingerprint density at radius 2 is 1.60 bits per heavy atom. The molecule has 0 aromatic heterocycles. The van der Waals surface area contributed by atoms with Gasteiger partial charge in [0.2, 0.25) is 0 Å². The topological polar surface area (TPSA) is 70.6 Å². The van der Waals surface area contributed by atoms with Crippen LogP contribution in [0, 0.1) is 6.92 Å². The normalized spacial score (nSPS) is 10.8. The highest BCUT2D eigenvalue weighted by atomic mass is 16.2. The number of carbonyl (C=O) groups excluding carboxylic acids is 2. The first-order valence-electron chi connectivity index (χ1n) is 7.83. The Morgan fingerprint density at radius 3 is 2.44 bits per heavy atom. The van der Waals surface area contributed by atoms with Gasteiger partial charge in [0.05, 0.1) is 6.21 Å². The van der Waals surface area contributed by atoms with Crippen LogP contribution in [0.1, 0.15) is 11.1 Å². The van der Waals surface area contributed by atoms with E-state index in [0.29, 0.717) is 5.69 Å². The van der Waals surface area contributed by atoms with E-state index in [0.717, 1.165) is 21.9 Å². The van der Waals surface area contributed by atoms with Crippen molar-refractivity contribution in [1.29, 1.82) is 0 Å². The van der Waals surface area contributed by atoms with Gasteiger partial charge in [0.25, 0.3) is 0 Å². The van der Waals surface area contributed by atoms with Crippen LogP contribution in [0.5, 0.6) is 0 Å². The fourth-order valence-corrected chi connectivity index (χ4v) is 2.47. The number of para-hydroxylation sites is 1. The number of aryl methyl sites for hydroxylation is 1. The number of rotatable bonds is 3. The summed E-state index contributed by atoms with van der Waals surface area (Å²) >= 11 is 0. The Hall–Kier alpha value is -3.47. The van der Waals surface area contributed by atoms with Crippen molar-refractivity contribution < 1.29 is 9.59 Å². The average Bonchev–Trinajstić information content (AvgIpc) is 2.63. The summed E-state index contributed by atoms with van der Waals surface area (Å²) in [7, 11) is 0. The highest BCUT2D eigenvalue weighted by Gasteiger charge is 2.13. The molecule has 25 heavy (non-hydrogen) atoms. The van der Waals surface area contributed by atoms with Crippen LogP contribution in [0.3, 0.4) is 0 Å². The van der Waals surface area contributed by atoms with E-state index in [1.807, 2.05) is 61.5 Å². The summed E-state index contributed by atoms with van der Waals surface area (Å²) in [6.07, 6.45) is 1.53. The van der Waals surface area contributed by atoms with E-state index in [1.54, 1.807) is 12.1 Å². The second-order valence-corrected chi connectivity index (χ2v) is 5.54. The van der Waals surface area contributed by atoms with Gasteiger partial charge < -0.3 is 5.32 Å². The quantitative estimate of drug-likeness (QED) is 0.439. The SMILES string of the molecule is Cc1ccccc1NC(=O)C(=O)NN=Cc1cccc2ccccc12. The highest BCUT2D eigenvalue weighted by molar-refractivity contribution is 6.39. The molecule has 0 radical (unpaired) electrons. The van der Waals surface area contributed by atoms with Crippen LogP contribution in [-0.4, -0.2) is 18.0 Å². The zero-order chi connectivity index (χ0) is 17.6. The Kier molecular flexibility index (Phi) is 4.85. The second kappa shape index (κ2) is 7.40. The first-order chi connectivity index (χ1) is 12.1. The minimum Gasteiger partial charge on any atom is -0.317 e. The molecule has 0 saturated heterocycles. The number of nitrogens with one attached hydrogen (secondary N) is 2. The van der Waals surface area contributed by atoms with Gasteiger partial charge in [0.1, 0.15) is 0 Å². The van der Waals surface area contributed by atoms with Crippen LogP contribution in [0.15, 0.2) is 71.8 Å². The molecule has 3 aromatic rings. The summed E-state index contributed by atoms with van der Waals surface area (Å²) in [5.74, 6) is -1.58. The monoisotopic (exact) mass is 331 g/mol. The minimum absolute atomic E-state index is 0.598. The van der Waals surface area contributed by atoms with Gasteiger partial charge in [-0.3, -0.25) is 9.59 Å². The lowest BCUT2D eigenvalue weighted by molar-refractivity contribution is -0.136. The summed E-state index contributed by atoms with van der Waals surface area (Å²) < 4.78 is 0. The number of nitrogens with zero attached hydrogens (tertiary/aromatic N) is 1. The molecule has 0 fully saturated rings. The van der Waals surface area contributed by atoms with Crippen molar-refractivity contribution in [1.82, 2.24) is 5.43 Å². The molecule has 3 rings (SSSR count). The average molecular weight is 331 g/mol. The lowest BCUT2D eigenvalue weighted by atomic mass is 10.1. The third kappa shape index (κ3) is 3.90. The predicted molar refractivity (Wildman–Crippen MR) is 99.5 cm³/mol. The molecule has 0 aliphatic rings. The zero-order valence-corrected chi connectivity index (χ0v) is 13.7. The molecule has 0 saturated carbocycles. The van der Waals surface area contributed by atoms with Crippen LogP contribution >= 0.6 is 0 Å². The molecule has 3 aromatic carbocycles. The molecule has 2 amide bonds. The number of benzene rings is 3. The minimum atomic E-state index is -0.820. The zero-order valence-electron chi connectivity index (χ0n) is 13.7. The lowest BCUT2D eigenvalue weighted by Gasteiger charge is -2.06. The van der Waals surface area contributed by atoms with Crippen LogP contribution in [0.25, 0.3) is 10.8 Å². The van der Waals surface area contributed by atoms with Crippen molar-refractivity contribution in [2.24, 2.45) is 5.10 Å². The van der Waals surface area contributed by atoms with E-state index in [-0.39, 0.29) is 0 Å². The maximum absolute atomic E-state index is 11.9. The fourth-order valence-electron chi connectivity index (χ4n) is 2.47. The Balaban J connectivity index is 1.66. The predicted octanol–water partition coefficient (Wildman–Crippen LogP) is 3.24. The Bertz CT molecular complexity index is 959. The van der Waals surface area contributed by atoms with Crippen LogP contribution in [0.4, 0.5) is 5.69 Å². The maximum atomic E-state index is 11.9. The molecule has 5 heteroatoms. The van der Waals surface area contributed by atoms with Crippen LogP contribution in [0.2, 0.25) is 0 Å². The van der Waals surface area contributed by atoms with Crippen molar-refractivity contribution in [2.45, 2.75) is 6.92 Å². The van der Waals surface area contributed by atoms with Gasteiger partial charge in [-0.1, -0.05) is 60.7 Å². The molecule has 0 bridgehead atoms. The summed E-state index contributed by atoms with van der Waals surface area (Å²) in [5, 5.41) is 8.55. The molecule has 0 aliphatic carbocycles. The summed E-state index contributed by atoms with van der Waals surface area (Å²) in [6.45, 7) is 1.85.